The number of rotatable bonds is 2. The van der Waals surface area contributed by atoms with Crippen LogP contribution in [0.5, 0.6) is 0 Å². The van der Waals surface area contributed by atoms with Crippen LogP contribution >= 0.6 is 12.4 Å². The summed E-state index contributed by atoms with van der Waals surface area (Å²) in [4.78, 5) is 12.2. The molecular formula is C15H21ClN2O2. The van der Waals surface area contributed by atoms with Crippen LogP contribution in [0.15, 0.2) is 24.3 Å². The van der Waals surface area contributed by atoms with Crippen LogP contribution in [0, 0.1) is 5.92 Å². The van der Waals surface area contributed by atoms with Gasteiger partial charge in [0.05, 0.1) is 18.1 Å². The molecule has 1 saturated heterocycles. The maximum atomic E-state index is 12.2. The van der Waals surface area contributed by atoms with Gasteiger partial charge >= 0.3 is 0 Å². The van der Waals surface area contributed by atoms with Gasteiger partial charge in [-0.25, -0.2) is 0 Å². The third-order valence-electron chi connectivity index (χ3n) is 4.17. The summed E-state index contributed by atoms with van der Waals surface area (Å²) < 4.78 is 0. The average molecular weight is 297 g/mol. The number of aliphatic hydroxyl groups excluding tert-OH is 1. The molecule has 1 fully saturated rings. The highest BCUT2D eigenvalue weighted by molar-refractivity contribution is 5.85. The molecule has 110 valence electrons. The van der Waals surface area contributed by atoms with Crippen molar-refractivity contribution < 1.29 is 9.90 Å². The Labute approximate surface area is 125 Å². The Morgan fingerprint density at radius 1 is 1.35 bits per heavy atom. The molecule has 2 aliphatic rings. The lowest BCUT2D eigenvalue weighted by molar-refractivity contribution is -0.127. The summed E-state index contributed by atoms with van der Waals surface area (Å²) in [6, 6.07) is 7.70. The minimum atomic E-state index is -0.502. The maximum Gasteiger partial charge on any atom is 0.224 e. The largest absolute Gasteiger partial charge is 0.390 e. The third kappa shape index (κ3) is 2.97. The average Bonchev–Trinajstić information content (AvgIpc) is 2.76. The molecule has 4 nitrogen and oxygen atoms in total. The van der Waals surface area contributed by atoms with Gasteiger partial charge in [0.1, 0.15) is 0 Å². The summed E-state index contributed by atoms with van der Waals surface area (Å²) in [6.07, 6.45) is 2.10. The lowest BCUT2D eigenvalue weighted by Gasteiger charge is -2.25. The van der Waals surface area contributed by atoms with Crippen molar-refractivity contribution >= 4 is 18.3 Å². The second-order valence-electron chi connectivity index (χ2n) is 5.50. The molecule has 0 spiro atoms. The molecule has 5 heteroatoms. The molecule has 20 heavy (non-hydrogen) atoms. The zero-order chi connectivity index (χ0) is 13.2. The highest BCUT2D eigenvalue weighted by Gasteiger charge is 2.33. The first-order chi connectivity index (χ1) is 9.25. The minimum absolute atomic E-state index is 0. The number of hydrogen-bond donors (Lipinski definition) is 3. The Kier molecular flexibility index (Phi) is 5.02. The number of halogens is 1. The van der Waals surface area contributed by atoms with Crippen molar-refractivity contribution in [1.82, 2.24) is 10.6 Å². The van der Waals surface area contributed by atoms with Gasteiger partial charge in [-0.1, -0.05) is 24.3 Å². The Morgan fingerprint density at radius 3 is 2.90 bits per heavy atom. The van der Waals surface area contributed by atoms with Gasteiger partial charge in [0.2, 0.25) is 5.91 Å². The van der Waals surface area contributed by atoms with E-state index in [9.17, 15) is 9.90 Å². The predicted octanol–water partition coefficient (Wildman–Crippen LogP) is 1.18. The van der Waals surface area contributed by atoms with Crippen molar-refractivity contribution in [3.8, 4) is 0 Å². The maximum absolute atomic E-state index is 12.2. The second kappa shape index (κ2) is 6.57. The molecule has 0 saturated carbocycles. The summed E-state index contributed by atoms with van der Waals surface area (Å²) >= 11 is 0. The molecule has 1 aromatic rings. The first kappa shape index (κ1) is 15.3. The second-order valence-corrected chi connectivity index (χ2v) is 5.50. The van der Waals surface area contributed by atoms with Crippen molar-refractivity contribution in [2.24, 2.45) is 5.92 Å². The summed E-state index contributed by atoms with van der Waals surface area (Å²) in [6.45, 7) is 1.75. The smallest absolute Gasteiger partial charge is 0.224 e. The molecule has 0 bridgehead atoms. The molecule has 1 aliphatic heterocycles. The van der Waals surface area contributed by atoms with Crippen LogP contribution in [0.4, 0.5) is 0 Å². The van der Waals surface area contributed by atoms with Crippen LogP contribution in [0.25, 0.3) is 0 Å². The van der Waals surface area contributed by atoms with E-state index in [1.165, 1.54) is 0 Å². The quantitative estimate of drug-likeness (QED) is 0.768. The summed E-state index contributed by atoms with van der Waals surface area (Å²) in [5, 5.41) is 16.4. The molecule has 1 aromatic carbocycles. The van der Waals surface area contributed by atoms with Crippen LogP contribution in [0.1, 0.15) is 30.0 Å². The van der Waals surface area contributed by atoms with E-state index in [4.69, 9.17) is 0 Å². The van der Waals surface area contributed by atoms with Gasteiger partial charge in [-0.2, -0.15) is 0 Å². The number of benzene rings is 1. The number of amides is 1. The number of piperidine rings is 1. The zero-order valence-electron chi connectivity index (χ0n) is 11.3. The van der Waals surface area contributed by atoms with Gasteiger partial charge in [0, 0.05) is 13.0 Å². The fraction of sp³-hybridized carbons (Fsp3) is 0.533. The number of fused-ring (bicyclic) bond motifs is 1. The van der Waals surface area contributed by atoms with Crippen LogP contribution in [0.2, 0.25) is 0 Å². The molecule has 3 atom stereocenters. The lowest BCUT2D eigenvalue weighted by Crippen LogP contribution is -2.43. The van der Waals surface area contributed by atoms with Gasteiger partial charge in [-0.3, -0.25) is 4.79 Å². The number of nitrogens with one attached hydrogen (secondary N) is 2. The third-order valence-corrected chi connectivity index (χ3v) is 4.17. The highest BCUT2D eigenvalue weighted by Crippen LogP contribution is 2.31. The molecule has 0 aromatic heterocycles. The van der Waals surface area contributed by atoms with Gasteiger partial charge in [-0.05, 0) is 30.5 Å². The van der Waals surface area contributed by atoms with E-state index < -0.39 is 6.10 Å². The molecule has 0 radical (unpaired) electrons. The summed E-state index contributed by atoms with van der Waals surface area (Å²) in [5.74, 6) is 0.0988. The molecule has 1 heterocycles. The normalized spacial score (nSPS) is 28.4. The number of carbonyl (C=O) groups is 1. The Hall–Kier alpha value is -1.10. The van der Waals surface area contributed by atoms with Crippen molar-refractivity contribution in [3.63, 3.8) is 0 Å². The van der Waals surface area contributed by atoms with Crippen LogP contribution in [-0.2, 0) is 11.2 Å². The van der Waals surface area contributed by atoms with Gasteiger partial charge in [0.15, 0.2) is 0 Å². The van der Waals surface area contributed by atoms with Crippen LogP contribution in [-0.4, -0.2) is 30.2 Å². The lowest BCUT2D eigenvalue weighted by atomic mass is 9.97. The van der Waals surface area contributed by atoms with E-state index in [-0.39, 0.29) is 30.3 Å². The molecule has 3 rings (SSSR count). The van der Waals surface area contributed by atoms with E-state index in [0.29, 0.717) is 6.42 Å². The molecule has 1 aliphatic carbocycles. The Bertz CT molecular complexity index is 475. The molecule has 3 N–H and O–H groups in total. The fourth-order valence-electron chi connectivity index (χ4n) is 3.09. The predicted molar refractivity (Wildman–Crippen MR) is 79.9 cm³/mol. The highest BCUT2D eigenvalue weighted by atomic mass is 35.5. The first-order valence-electron chi connectivity index (χ1n) is 7.02. The Morgan fingerprint density at radius 2 is 2.15 bits per heavy atom. The first-order valence-corrected chi connectivity index (χ1v) is 7.02. The van der Waals surface area contributed by atoms with Crippen molar-refractivity contribution in [2.75, 3.05) is 13.1 Å². The minimum Gasteiger partial charge on any atom is -0.390 e. The van der Waals surface area contributed by atoms with E-state index in [1.807, 2.05) is 24.3 Å². The molecular weight excluding hydrogens is 276 g/mol. The molecule has 1 amide bonds. The number of carbonyl (C=O) groups excluding carboxylic acids is 1. The van der Waals surface area contributed by atoms with E-state index in [1.54, 1.807) is 0 Å². The topological polar surface area (TPSA) is 61.4 Å². The van der Waals surface area contributed by atoms with Gasteiger partial charge < -0.3 is 15.7 Å². The van der Waals surface area contributed by atoms with E-state index >= 15 is 0 Å². The van der Waals surface area contributed by atoms with Crippen molar-refractivity contribution in [2.45, 2.75) is 31.4 Å². The Balaban J connectivity index is 0.00000147. The monoisotopic (exact) mass is 296 g/mol. The summed E-state index contributed by atoms with van der Waals surface area (Å²) in [7, 11) is 0. The fourth-order valence-corrected chi connectivity index (χ4v) is 3.09. The SMILES string of the molecule is Cl.O=C(N[C@H]1c2ccccc2C[C@H]1O)[C@@H]1CCCNC1. The van der Waals surface area contributed by atoms with E-state index in [0.717, 1.165) is 37.1 Å². The van der Waals surface area contributed by atoms with Gasteiger partial charge in [-0.15, -0.1) is 12.4 Å². The summed E-state index contributed by atoms with van der Waals surface area (Å²) in [5.41, 5.74) is 2.20. The van der Waals surface area contributed by atoms with Crippen LogP contribution in [0.3, 0.4) is 0 Å². The van der Waals surface area contributed by atoms with E-state index in [2.05, 4.69) is 10.6 Å². The molecule has 0 unspecified atom stereocenters. The standard InChI is InChI=1S/C15H20N2O2.ClH/c18-13-8-10-4-1-2-6-12(10)14(13)17-15(19)11-5-3-7-16-9-11;/h1-2,4,6,11,13-14,16,18H,3,5,7-9H2,(H,17,19);1H/t11-,13-,14+;/m1./s1. The van der Waals surface area contributed by atoms with Crippen molar-refractivity contribution in [1.29, 1.82) is 0 Å². The number of hydrogen-bond acceptors (Lipinski definition) is 3. The zero-order valence-corrected chi connectivity index (χ0v) is 12.2. The van der Waals surface area contributed by atoms with Gasteiger partial charge in [0.25, 0.3) is 0 Å². The van der Waals surface area contributed by atoms with Crippen LogP contribution < -0.4 is 10.6 Å². The number of aliphatic hydroxyl groups is 1. The van der Waals surface area contributed by atoms with Crippen molar-refractivity contribution in [3.05, 3.63) is 35.4 Å².